The Labute approximate surface area is 139 Å². The largest absolute Gasteiger partial charge is 0.310 e. The van der Waals surface area contributed by atoms with E-state index >= 15 is 0 Å². The lowest BCUT2D eigenvalue weighted by Crippen LogP contribution is -2.23. The topological polar surface area (TPSA) is 12.0 Å². The van der Waals surface area contributed by atoms with E-state index in [4.69, 9.17) is 34.8 Å². The molecule has 1 unspecified atom stereocenters. The fourth-order valence-electron chi connectivity index (χ4n) is 2.21. The number of hydrogen-bond donors (Lipinski definition) is 1. The molecule has 1 nitrogen and oxygen atoms in total. The summed E-state index contributed by atoms with van der Waals surface area (Å²) < 4.78 is 14.0. The monoisotopic (exact) mass is 345 g/mol. The number of rotatable bonds is 5. The lowest BCUT2D eigenvalue weighted by Gasteiger charge is -2.20. The van der Waals surface area contributed by atoms with Crippen molar-refractivity contribution in [1.29, 1.82) is 0 Å². The predicted octanol–water partition coefficient (Wildman–Crippen LogP) is 5.68. The molecule has 2 aromatic rings. The standard InChI is InChI=1S/C16H15Cl3FN/c1-2-21-16(10-6-7-13(18)14(19)8-10)9-11-12(17)4-3-5-15(11)20/h3-8,16,21H,2,9H2,1H3. The van der Waals surface area contributed by atoms with Gasteiger partial charge in [-0.3, -0.25) is 0 Å². The van der Waals surface area contributed by atoms with Crippen LogP contribution in [-0.4, -0.2) is 6.54 Å². The molecule has 0 bridgehead atoms. The summed E-state index contributed by atoms with van der Waals surface area (Å²) in [7, 11) is 0. The molecule has 0 radical (unpaired) electrons. The summed E-state index contributed by atoms with van der Waals surface area (Å²) in [5, 5.41) is 4.73. The van der Waals surface area contributed by atoms with Crippen LogP contribution in [0.25, 0.3) is 0 Å². The average Bonchev–Trinajstić information content (AvgIpc) is 2.45. The molecule has 0 amide bonds. The first-order chi connectivity index (χ1) is 10.0. The van der Waals surface area contributed by atoms with Gasteiger partial charge in [0, 0.05) is 16.6 Å². The number of likely N-dealkylation sites (N-methyl/N-ethyl adjacent to an activating group) is 1. The second kappa shape index (κ2) is 7.46. The van der Waals surface area contributed by atoms with Gasteiger partial charge in [0.05, 0.1) is 10.0 Å². The Morgan fingerprint density at radius 2 is 1.81 bits per heavy atom. The summed E-state index contributed by atoms with van der Waals surface area (Å²) in [6, 6.07) is 10.0. The maximum absolute atomic E-state index is 14.0. The van der Waals surface area contributed by atoms with Crippen LogP contribution in [0.4, 0.5) is 4.39 Å². The second-order valence-electron chi connectivity index (χ2n) is 4.69. The van der Waals surface area contributed by atoms with Gasteiger partial charge in [0.15, 0.2) is 0 Å². The Kier molecular flexibility index (Phi) is 5.88. The molecule has 0 fully saturated rings. The van der Waals surface area contributed by atoms with Gasteiger partial charge in [-0.05, 0) is 42.8 Å². The minimum absolute atomic E-state index is 0.0841. The zero-order valence-electron chi connectivity index (χ0n) is 11.5. The van der Waals surface area contributed by atoms with Crippen LogP contribution in [0.15, 0.2) is 36.4 Å². The van der Waals surface area contributed by atoms with E-state index in [1.165, 1.54) is 6.07 Å². The SMILES string of the molecule is CCNC(Cc1c(F)cccc1Cl)c1ccc(Cl)c(Cl)c1. The van der Waals surface area contributed by atoms with Crippen molar-refractivity contribution in [3.63, 3.8) is 0 Å². The Morgan fingerprint density at radius 3 is 2.43 bits per heavy atom. The number of benzene rings is 2. The van der Waals surface area contributed by atoms with Gasteiger partial charge in [0.2, 0.25) is 0 Å². The zero-order valence-corrected chi connectivity index (χ0v) is 13.7. The molecule has 5 heteroatoms. The van der Waals surface area contributed by atoms with Gasteiger partial charge in [0.25, 0.3) is 0 Å². The molecule has 0 aliphatic heterocycles. The van der Waals surface area contributed by atoms with Crippen molar-refractivity contribution in [3.8, 4) is 0 Å². The quantitative estimate of drug-likeness (QED) is 0.734. The summed E-state index contributed by atoms with van der Waals surface area (Å²) in [4.78, 5) is 0. The minimum atomic E-state index is -0.300. The van der Waals surface area contributed by atoms with Crippen LogP contribution >= 0.6 is 34.8 Å². The average molecular weight is 347 g/mol. The first kappa shape index (κ1) is 16.6. The highest BCUT2D eigenvalue weighted by molar-refractivity contribution is 6.42. The molecule has 0 aromatic heterocycles. The first-order valence-corrected chi connectivity index (χ1v) is 7.77. The van der Waals surface area contributed by atoms with Crippen molar-refractivity contribution in [2.75, 3.05) is 6.54 Å². The van der Waals surface area contributed by atoms with Crippen LogP contribution in [0, 0.1) is 5.82 Å². The lowest BCUT2D eigenvalue weighted by atomic mass is 9.98. The maximum Gasteiger partial charge on any atom is 0.127 e. The number of halogens is 4. The van der Waals surface area contributed by atoms with Crippen LogP contribution in [0.2, 0.25) is 15.1 Å². The van der Waals surface area contributed by atoms with Crippen LogP contribution in [0.3, 0.4) is 0 Å². The fourth-order valence-corrected chi connectivity index (χ4v) is 2.76. The molecule has 1 atom stereocenters. The van der Waals surface area contributed by atoms with Crippen molar-refractivity contribution in [2.45, 2.75) is 19.4 Å². The Bertz CT molecular complexity index is 611. The van der Waals surface area contributed by atoms with E-state index in [-0.39, 0.29) is 11.9 Å². The molecule has 2 rings (SSSR count). The lowest BCUT2D eigenvalue weighted by molar-refractivity contribution is 0.528. The molecule has 0 spiro atoms. The van der Waals surface area contributed by atoms with Crippen molar-refractivity contribution < 1.29 is 4.39 Å². The van der Waals surface area contributed by atoms with Gasteiger partial charge < -0.3 is 5.32 Å². The molecule has 21 heavy (non-hydrogen) atoms. The highest BCUT2D eigenvalue weighted by Crippen LogP contribution is 2.29. The van der Waals surface area contributed by atoms with E-state index in [1.807, 2.05) is 13.0 Å². The molecule has 0 heterocycles. The number of hydrogen-bond acceptors (Lipinski definition) is 1. The van der Waals surface area contributed by atoms with E-state index < -0.39 is 0 Å². The maximum atomic E-state index is 14.0. The summed E-state index contributed by atoms with van der Waals surface area (Å²) in [6.45, 7) is 2.74. The van der Waals surface area contributed by atoms with Gasteiger partial charge >= 0.3 is 0 Å². The summed E-state index contributed by atoms with van der Waals surface area (Å²) >= 11 is 18.1. The van der Waals surface area contributed by atoms with E-state index in [2.05, 4.69) is 5.32 Å². The predicted molar refractivity (Wildman–Crippen MR) is 88.0 cm³/mol. The molecular formula is C16H15Cl3FN. The third-order valence-corrected chi connectivity index (χ3v) is 4.36. The molecule has 0 aliphatic rings. The van der Waals surface area contributed by atoms with Crippen molar-refractivity contribution in [2.24, 2.45) is 0 Å². The molecule has 112 valence electrons. The van der Waals surface area contributed by atoms with Crippen molar-refractivity contribution in [3.05, 3.63) is 68.4 Å². The van der Waals surface area contributed by atoms with Crippen LogP contribution in [-0.2, 0) is 6.42 Å². The summed E-state index contributed by atoms with van der Waals surface area (Å²) in [5.74, 6) is -0.300. The molecule has 1 N–H and O–H groups in total. The van der Waals surface area contributed by atoms with Gasteiger partial charge in [-0.25, -0.2) is 4.39 Å². The molecule has 0 saturated carbocycles. The summed E-state index contributed by atoms with van der Waals surface area (Å²) in [6.07, 6.45) is 0.442. The van der Waals surface area contributed by atoms with Crippen LogP contribution < -0.4 is 5.32 Å². The third-order valence-electron chi connectivity index (χ3n) is 3.27. The van der Waals surface area contributed by atoms with Gasteiger partial charge in [-0.15, -0.1) is 0 Å². The van der Waals surface area contributed by atoms with Gasteiger partial charge in [0.1, 0.15) is 5.82 Å². The molecule has 2 aromatic carbocycles. The van der Waals surface area contributed by atoms with E-state index in [0.29, 0.717) is 27.1 Å². The minimum Gasteiger partial charge on any atom is -0.310 e. The smallest absolute Gasteiger partial charge is 0.127 e. The highest BCUT2D eigenvalue weighted by atomic mass is 35.5. The van der Waals surface area contributed by atoms with Crippen LogP contribution in [0.5, 0.6) is 0 Å². The Hall–Kier alpha value is -0.800. The molecule has 0 aliphatic carbocycles. The van der Waals surface area contributed by atoms with E-state index in [9.17, 15) is 4.39 Å². The second-order valence-corrected chi connectivity index (χ2v) is 5.91. The van der Waals surface area contributed by atoms with Crippen LogP contribution in [0.1, 0.15) is 24.1 Å². The normalized spacial score (nSPS) is 12.4. The number of nitrogens with one attached hydrogen (secondary N) is 1. The van der Waals surface area contributed by atoms with E-state index in [0.717, 1.165) is 12.1 Å². The van der Waals surface area contributed by atoms with Gasteiger partial charge in [-0.1, -0.05) is 53.9 Å². The van der Waals surface area contributed by atoms with E-state index in [1.54, 1.807) is 24.3 Å². The van der Waals surface area contributed by atoms with Crippen molar-refractivity contribution >= 4 is 34.8 Å². The Balaban J connectivity index is 2.33. The third kappa shape index (κ3) is 4.10. The molecular weight excluding hydrogens is 332 g/mol. The highest BCUT2D eigenvalue weighted by Gasteiger charge is 2.17. The van der Waals surface area contributed by atoms with Gasteiger partial charge in [-0.2, -0.15) is 0 Å². The zero-order chi connectivity index (χ0) is 15.4. The molecule has 0 saturated heterocycles. The van der Waals surface area contributed by atoms with Crippen molar-refractivity contribution in [1.82, 2.24) is 5.32 Å². The Morgan fingerprint density at radius 1 is 1.05 bits per heavy atom. The first-order valence-electron chi connectivity index (χ1n) is 6.64. The summed E-state index contributed by atoms with van der Waals surface area (Å²) in [5.41, 5.74) is 1.45. The fraction of sp³-hybridized carbons (Fsp3) is 0.250.